The monoisotopic (exact) mass is 327 g/mol. The molecule has 1 amide bonds. The molecule has 4 nitrogen and oxygen atoms in total. The van der Waals surface area contributed by atoms with Crippen molar-refractivity contribution in [1.82, 2.24) is 0 Å². The van der Waals surface area contributed by atoms with Gasteiger partial charge in [-0.2, -0.15) is 0 Å². The highest BCUT2D eigenvalue weighted by molar-refractivity contribution is 5.94. The maximum absolute atomic E-state index is 12.3. The summed E-state index contributed by atoms with van der Waals surface area (Å²) in [6.45, 7) is 8.45. The van der Waals surface area contributed by atoms with Crippen molar-refractivity contribution < 1.29 is 14.3 Å². The maximum Gasteiger partial charge on any atom is 0.265 e. The zero-order valence-corrected chi connectivity index (χ0v) is 14.8. The van der Waals surface area contributed by atoms with Gasteiger partial charge in [0, 0.05) is 5.69 Å². The van der Waals surface area contributed by atoms with Gasteiger partial charge < -0.3 is 14.8 Å². The average molecular weight is 327 g/mol. The number of ether oxygens (including phenoxy) is 2. The highest BCUT2D eigenvalue weighted by Crippen LogP contribution is 2.24. The lowest BCUT2D eigenvalue weighted by atomic mass is 10.1. The van der Waals surface area contributed by atoms with Crippen LogP contribution < -0.4 is 14.8 Å². The standard InChI is InChI=1S/C20H25NO3/c1-5-13-23-18-11-9-17(10-12-18)21-20(22)16(4)24-19-14(2)7-6-8-15(19)3/h6-12,16H,5,13H2,1-4H3,(H,21,22). The van der Waals surface area contributed by atoms with Gasteiger partial charge in [0.1, 0.15) is 11.5 Å². The Morgan fingerprint density at radius 1 is 1.08 bits per heavy atom. The zero-order valence-electron chi connectivity index (χ0n) is 14.8. The van der Waals surface area contributed by atoms with Crippen LogP contribution in [-0.4, -0.2) is 18.6 Å². The first-order valence-corrected chi connectivity index (χ1v) is 8.28. The van der Waals surface area contributed by atoms with Crippen LogP contribution >= 0.6 is 0 Å². The summed E-state index contributed by atoms with van der Waals surface area (Å²) >= 11 is 0. The Morgan fingerprint density at radius 3 is 2.29 bits per heavy atom. The minimum atomic E-state index is -0.583. The highest BCUT2D eigenvalue weighted by atomic mass is 16.5. The van der Waals surface area contributed by atoms with E-state index in [1.54, 1.807) is 6.92 Å². The van der Waals surface area contributed by atoms with E-state index in [-0.39, 0.29) is 5.91 Å². The molecule has 1 N–H and O–H groups in total. The smallest absolute Gasteiger partial charge is 0.265 e. The third kappa shape index (κ3) is 4.75. The van der Waals surface area contributed by atoms with Crippen LogP contribution in [0.1, 0.15) is 31.4 Å². The van der Waals surface area contributed by atoms with E-state index in [1.165, 1.54) is 0 Å². The topological polar surface area (TPSA) is 47.6 Å². The van der Waals surface area contributed by atoms with E-state index in [2.05, 4.69) is 12.2 Å². The summed E-state index contributed by atoms with van der Waals surface area (Å²) in [6, 6.07) is 13.3. The molecule has 0 fully saturated rings. The molecule has 0 aromatic heterocycles. The molecule has 2 aromatic rings. The van der Waals surface area contributed by atoms with E-state index >= 15 is 0 Å². The van der Waals surface area contributed by atoms with Gasteiger partial charge in [0.25, 0.3) is 5.91 Å². The molecule has 0 heterocycles. The fraction of sp³-hybridized carbons (Fsp3) is 0.350. The van der Waals surface area contributed by atoms with Crippen molar-refractivity contribution in [3.05, 3.63) is 53.6 Å². The molecule has 1 atom stereocenters. The Hall–Kier alpha value is -2.49. The van der Waals surface area contributed by atoms with E-state index in [0.717, 1.165) is 34.7 Å². The molecule has 2 rings (SSSR count). The lowest BCUT2D eigenvalue weighted by Crippen LogP contribution is -2.30. The molecule has 0 aliphatic heterocycles. The first-order valence-electron chi connectivity index (χ1n) is 8.28. The number of nitrogens with one attached hydrogen (secondary N) is 1. The second-order valence-corrected chi connectivity index (χ2v) is 5.84. The molecule has 2 aromatic carbocycles. The van der Waals surface area contributed by atoms with Crippen LogP contribution in [0, 0.1) is 13.8 Å². The van der Waals surface area contributed by atoms with Crippen molar-refractivity contribution in [3.63, 3.8) is 0 Å². The molecular weight excluding hydrogens is 302 g/mol. The van der Waals surface area contributed by atoms with Crippen molar-refractivity contribution in [2.45, 2.75) is 40.2 Å². The molecular formula is C20H25NO3. The SMILES string of the molecule is CCCOc1ccc(NC(=O)C(C)Oc2c(C)cccc2C)cc1. The van der Waals surface area contributed by atoms with Crippen LogP contribution in [0.3, 0.4) is 0 Å². The van der Waals surface area contributed by atoms with Crippen molar-refractivity contribution in [2.75, 3.05) is 11.9 Å². The third-order valence-corrected chi connectivity index (χ3v) is 3.67. The van der Waals surface area contributed by atoms with Gasteiger partial charge >= 0.3 is 0 Å². The van der Waals surface area contributed by atoms with Gasteiger partial charge in [0.05, 0.1) is 6.61 Å². The molecule has 0 bridgehead atoms. The lowest BCUT2D eigenvalue weighted by Gasteiger charge is -2.18. The molecule has 0 radical (unpaired) electrons. The summed E-state index contributed by atoms with van der Waals surface area (Å²) in [4.78, 5) is 12.3. The van der Waals surface area contributed by atoms with Crippen LogP contribution in [-0.2, 0) is 4.79 Å². The van der Waals surface area contributed by atoms with Gasteiger partial charge in [-0.15, -0.1) is 0 Å². The predicted octanol–water partition coefficient (Wildman–Crippen LogP) is 4.50. The largest absolute Gasteiger partial charge is 0.494 e. The molecule has 0 saturated carbocycles. The molecule has 0 aliphatic carbocycles. The number of carbonyl (C=O) groups excluding carboxylic acids is 1. The Morgan fingerprint density at radius 2 is 1.71 bits per heavy atom. The normalized spacial score (nSPS) is 11.7. The maximum atomic E-state index is 12.3. The summed E-state index contributed by atoms with van der Waals surface area (Å²) in [5, 5.41) is 2.86. The summed E-state index contributed by atoms with van der Waals surface area (Å²) in [5.41, 5.74) is 2.76. The summed E-state index contributed by atoms with van der Waals surface area (Å²) in [5.74, 6) is 1.39. The number of aryl methyl sites for hydroxylation is 2. The number of carbonyl (C=O) groups is 1. The average Bonchev–Trinajstić information content (AvgIpc) is 2.57. The van der Waals surface area contributed by atoms with Gasteiger partial charge in [-0.1, -0.05) is 25.1 Å². The number of hydrogen-bond acceptors (Lipinski definition) is 3. The lowest BCUT2D eigenvalue weighted by molar-refractivity contribution is -0.122. The predicted molar refractivity (Wildman–Crippen MR) is 96.9 cm³/mol. The third-order valence-electron chi connectivity index (χ3n) is 3.67. The van der Waals surface area contributed by atoms with Crippen molar-refractivity contribution in [2.24, 2.45) is 0 Å². The number of hydrogen-bond donors (Lipinski definition) is 1. The van der Waals surface area contributed by atoms with Crippen LogP contribution in [0.5, 0.6) is 11.5 Å². The van der Waals surface area contributed by atoms with E-state index in [9.17, 15) is 4.79 Å². The van der Waals surface area contributed by atoms with E-state index in [4.69, 9.17) is 9.47 Å². The molecule has 0 saturated heterocycles. The van der Waals surface area contributed by atoms with Crippen molar-refractivity contribution >= 4 is 11.6 Å². The minimum absolute atomic E-state index is 0.181. The molecule has 4 heteroatoms. The van der Waals surface area contributed by atoms with Crippen LogP contribution in [0.4, 0.5) is 5.69 Å². The molecule has 128 valence electrons. The Labute approximate surface area is 143 Å². The summed E-state index contributed by atoms with van der Waals surface area (Å²) < 4.78 is 11.4. The first kappa shape index (κ1) is 17.9. The Balaban J connectivity index is 1.96. The molecule has 0 aliphatic rings. The first-order chi connectivity index (χ1) is 11.5. The van der Waals surface area contributed by atoms with Crippen LogP contribution in [0.2, 0.25) is 0 Å². The number of benzene rings is 2. The van der Waals surface area contributed by atoms with Gasteiger partial charge in [0.2, 0.25) is 0 Å². The second-order valence-electron chi connectivity index (χ2n) is 5.84. The van der Waals surface area contributed by atoms with Gasteiger partial charge in [-0.3, -0.25) is 4.79 Å². The number of rotatable bonds is 7. The van der Waals surface area contributed by atoms with Crippen molar-refractivity contribution in [3.8, 4) is 11.5 Å². The Kier molecular flexibility index (Phi) is 6.24. The molecule has 0 spiro atoms. The number of amides is 1. The number of para-hydroxylation sites is 1. The van der Waals surface area contributed by atoms with Gasteiger partial charge in [-0.05, 0) is 62.6 Å². The van der Waals surface area contributed by atoms with E-state index in [1.807, 2.05) is 56.3 Å². The zero-order chi connectivity index (χ0) is 17.5. The quantitative estimate of drug-likeness (QED) is 0.814. The summed E-state index contributed by atoms with van der Waals surface area (Å²) in [7, 11) is 0. The second kappa shape index (κ2) is 8.39. The fourth-order valence-electron chi connectivity index (χ4n) is 2.31. The number of anilines is 1. The minimum Gasteiger partial charge on any atom is -0.494 e. The van der Waals surface area contributed by atoms with E-state index in [0.29, 0.717) is 6.61 Å². The van der Waals surface area contributed by atoms with Crippen LogP contribution in [0.15, 0.2) is 42.5 Å². The molecule has 1 unspecified atom stereocenters. The van der Waals surface area contributed by atoms with Gasteiger partial charge in [-0.25, -0.2) is 0 Å². The fourth-order valence-corrected chi connectivity index (χ4v) is 2.31. The molecule has 24 heavy (non-hydrogen) atoms. The summed E-state index contributed by atoms with van der Waals surface area (Å²) in [6.07, 6.45) is 0.381. The van der Waals surface area contributed by atoms with E-state index < -0.39 is 6.10 Å². The Bertz CT molecular complexity index is 660. The van der Waals surface area contributed by atoms with Gasteiger partial charge in [0.15, 0.2) is 6.10 Å². The highest BCUT2D eigenvalue weighted by Gasteiger charge is 2.17. The van der Waals surface area contributed by atoms with Crippen molar-refractivity contribution in [1.29, 1.82) is 0 Å². The van der Waals surface area contributed by atoms with Crippen LogP contribution in [0.25, 0.3) is 0 Å².